The van der Waals surface area contributed by atoms with Crippen LogP contribution in [0.5, 0.6) is 0 Å². The lowest BCUT2D eigenvalue weighted by Crippen LogP contribution is -2.41. The summed E-state index contributed by atoms with van der Waals surface area (Å²) in [4.78, 5) is 17.5. The van der Waals surface area contributed by atoms with Gasteiger partial charge in [0.05, 0.1) is 6.54 Å². The van der Waals surface area contributed by atoms with Gasteiger partial charge in [0.1, 0.15) is 0 Å². The van der Waals surface area contributed by atoms with Crippen molar-refractivity contribution < 1.29 is 4.79 Å². The number of rotatable bonds is 3. The van der Waals surface area contributed by atoms with E-state index in [4.69, 9.17) is 0 Å². The van der Waals surface area contributed by atoms with E-state index in [2.05, 4.69) is 10.3 Å². The lowest BCUT2D eigenvalue weighted by Gasteiger charge is -2.28. The third-order valence-corrected chi connectivity index (χ3v) is 4.60. The first kappa shape index (κ1) is 12.7. The second kappa shape index (κ2) is 5.76. The first-order valence-electron chi connectivity index (χ1n) is 6.31. The minimum Gasteiger partial charge on any atom is -0.362 e. The molecule has 1 amide bonds. The molecule has 2 rings (SSSR count). The van der Waals surface area contributed by atoms with Gasteiger partial charge in [0.25, 0.3) is 0 Å². The van der Waals surface area contributed by atoms with Gasteiger partial charge in [-0.1, -0.05) is 18.2 Å². The molecule has 1 N–H and O–H groups in total. The molecule has 2 atom stereocenters. The predicted molar refractivity (Wildman–Crippen MR) is 72.3 cm³/mol. The number of carbonyl (C=O) groups is 1. The molecule has 17 heavy (non-hydrogen) atoms. The number of amidine groups is 1. The molecule has 0 spiro atoms. The molecule has 0 aromatic rings. The van der Waals surface area contributed by atoms with Gasteiger partial charge in [0.15, 0.2) is 5.17 Å². The number of thioether (sulfide) groups is 1. The zero-order valence-corrected chi connectivity index (χ0v) is 11.4. The molecule has 0 aromatic carbocycles. The molecule has 4 nitrogen and oxygen atoms in total. The summed E-state index contributed by atoms with van der Waals surface area (Å²) in [7, 11) is 3.57. The van der Waals surface area contributed by atoms with Gasteiger partial charge in [-0.15, -0.1) is 0 Å². The topological polar surface area (TPSA) is 44.7 Å². The van der Waals surface area contributed by atoms with E-state index in [0.717, 1.165) is 11.1 Å². The Morgan fingerprint density at radius 3 is 3.12 bits per heavy atom. The van der Waals surface area contributed by atoms with E-state index in [0.29, 0.717) is 19.0 Å². The minimum atomic E-state index is 0.147. The molecule has 1 heterocycles. The van der Waals surface area contributed by atoms with Crippen LogP contribution in [0.3, 0.4) is 0 Å². The molecule has 1 saturated carbocycles. The number of carbonyl (C=O) groups excluding carboxylic acids is 1. The average Bonchev–Trinajstić information content (AvgIpc) is 2.75. The van der Waals surface area contributed by atoms with Crippen molar-refractivity contribution in [1.82, 2.24) is 10.2 Å². The molecule has 5 heteroatoms. The van der Waals surface area contributed by atoms with Crippen molar-refractivity contribution in [3.63, 3.8) is 0 Å². The van der Waals surface area contributed by atoms with Crippen LogP contribution in [-0.4, -0.2) is 48.4 Å². The number of nitrogens with zero attached hydrogens (tertiary/aromatic N) is 2. The number of amides is 1. The van der Waals surface area contributed by atoms with Crippen LogP contribution in [0.1, 0.15) is 25.7 Å². The van der Waals surface area contributed by atoms with E-state index < -0.39 is 0 Å². The summed E-state index contributed by atoms with van der Waals surface area (Å²) in [5, 5.41) is 4.55. The fourth-order valence-electron chi connectivity index (χ4n) is 2.38. The molecule has 0 aromatic heterocycles. The molecule has 0 radical (unpaired) electrons. The molecule has 0 bridgehead atoms. The molecule has 2 fully saturated rings. The monoisotopic (exact) mass is 255 g/mol. The fraction of sp³-hybridized carbons (Fsp3) is 0.833. The quantitative estimate of drug-likeness (QED) is 0.827. The SMILES string of the molecule is CN(C)C(=O)CCN=C1NC2CCCC2CS1. The number of nitrogens with one attached hydrogen (secondary N) is 1. The Kier molecular flexibility index (Phi) is 4.31. The summed E-state index contributed by atoms with van der Waals surface area (Å²) >= 11 is 1.81. The third-order valence-electron chi connectivity index (χ3n) is 3.48. The van der Waals surface area contributed by atoms with Gasteiger partial charge in [0.2, 0.25) is 5.91 Å². The summed E-state index contributed by atoms with van der Waals surface area (Å²) in [6.07, 6.45) is 4.49. The number of fused-ring (bicyclic) bond motifs is 1. The van der Waals surface area contributed by atoms with Crippen molar-refractivity contribution in [2.45, 2.75) is 31.7 Å². The molecule has 1 aliphatic carbocycles. The average molecular weight is 255 g/mol. The zero-order valence-electron chi connectivity index (χ0n) is 10.6. The van der Waals surface area contributed by atoms with Gasteiger partial charge in [-0.3, -0.25) is 9.79 Å². The minimum absolute atomic E-state index is 0.147. The van der Waals surface area contributed by atoms with Crippen LogP contribution in [0.15, 0.2) is 4.99 Å². The lowest BCUT2D eigenvalue weighted by molar-refractivity contribution is -0.128. The maximum absolute atomic E-state index is 11.4. The van der Waals surface area contributed by atoms with Crippen molar-refractivity contribution in [3.8, 4) is 0 Å². The van der Waals surface area contributed by atoms with Gasteiger partial charge >= 0.3 is 0 Å². The Labute approximate surface area is 107 Å². The van der Waals surface area contributed by atoms with E-state index >= 15 is 0 Å². The van der Waals surface area contributed by atoms with Gasteiger partial charge in [-0.2, -0.15) is 0 Å². The second-order valence-corrected chi connectivity index (χ2v) is 5.99. The van der Waals surface area contributed by atoms with Crippen LogP contribution in [0.2, 0.25) is 0 Å². The maximum atomic E-state index is 11.4. The van der Waals surface area contributed by atoms with Crippen LogP contribution < -0.4 is 5.32 Å². The molecule has 2 aliphatic rings. The van der Waals surface area contributed by atoms with Gasteiger partial charge in [-0.25, -0.2) is 0 Å². The highest BCUT2D eigenvalue weighted by Gasteiger charge is 2.31. The third kappa shape index (κ3) is 3.37. The van der Waals surface area contributed by atoms with Crippen molar-refractivity contribution in [3.05, 3.63) is 0 Å². The van der Waals surface area contributed by atoms with E-state index in [1.807, 2.05) is 11.8 Å². The second-order valence-electron chi connectivity index (χ2n) is 4.98. The summed E-state index contributed by atoms with van der Waals surface area (Å²) in [6.45, 7) is 0.601. The summed E-state index contributed by atoms with van der Waals surface area (Å²) in [5.74, 6) is 2.18. The van der Waals surface area contributed by atoms with Crippen LogP contribution in [-0.2, 0) is 4.79 Å². The highest BCUT2D eigenvalue weighted by Crippen LogP contribution is 2.32. The molecule has 2 unspecified atom stereocenters. The van der Waals surface area contributed by atoms with E-state index in [9.17, 15) is 4.79 Å². The number of hydrogen-bond donors (Lipinski definition) is 1. The maximum Gasteiger partial charge on any atom is 0.223 e. The highest BCUT2D eigenvalue weighted by molar-refractivity contribution is 8.13. The fourth-order valence-corrected chi connectivity index (χ4v) is 3.57. The summed E-state index contributed by atoms with van der Waals surface area (Å²) < 4.78 is 0. The molecule has 96 valence electrons. The van der Waals surface area contributed by atoms with Crippen LogP contribution in [0.4, 0.5) is 0 Å². The Morgan fingerprint density at radius 2 is 2.35 bits per heavy atom. The smallest absolute Gasteiger partial charge is 0.223 e. The van der Waals surface area contributed by atoms with Crippen LogP contribution >= 0.6 is 11.8 Å². The normalized spacial score (nSPS) is 29.9. The Bertz CT molecular complexity index is 317. The Balaban J connectivity index is 1.77. The van der Waals surface area contributed by atoms with Crippen molar-refractivity contribution in [1.29, 1.82) is 0 Å². The Morgan fingerprint density at radius 1 is 1.53 bits per heavy atom. The van der Waals surface area contributed by atoms with Crippen LogP contribution in [0.25, 0.3) is 0 Å². The zero-order chi connectivity index (χ0) is 12.3. The van der Waals surface area contributed by atoms with Gasteiger partial charge in [0, 0.05) is 32.3 Å². The number of hydrogen-bond acceptors (Lipinski definition) is 3. The first-order chi connectivity index (χ1) is 8.16. The molecular formula is C12H21N3OS. The largest absolute Gasteiger partial charge is 0.362 e. The Hall–Kier alpha value is -0.710. The van der Waals surface area contributed by atoms with Crippen molar-refractivity contribution >= 4 is 22.8 Å². The predicted octanol–water partition coefficient (Wildman–Crippen LogP) is 1.33. The highest BCUT2D eigenvalue weighted by atomic mass is 32.2. The lowest BCUT2D eigenvalue weighted by atomic mass is 10.1. The number of aliphatic imine (C=N–C) groups is 1. The van der Waals surface area contributed by atoms with Gasteiger partial charge < -0.3 is 10.2 Å². The van der Waals surface area contributed by atoms with Crippen molar-refractivity contribution in [2.75, 3.05) is 26.4 Å². The molecular weight excluding hydrogens is 234 g/mol. The summed E-state index contributed by atoms with van der Waals surface area (Å²) in [5.41, 5.74) is 0. The van der Waals surface area contributed by atoms with Crippen molar-refractivity contribution in [2.24, 2.45) is 10.9 Å². The first-order valence-corrected chi connectivity index (χ1v) is 7.29. The van der Waals surface area contributed by atoms with E-state index in [1.54, 1.807) is 19.0 Å². The van der Waals surface area contributed by atoms with E-state index in [-0.39, 0.29) is 5.91 Å². The van der Waals surface area contributed by atoms with E-state index in [1.165, 1.54) is 25.0 Å². The van der Waals surface area contributed by atoms with Gasteiger partial charge in [-0.05, 0) is 18.8 Å². The summed E-state index contributed by atoms with van der Waals surface area (Å²) in [6, 6.07) is 0.638. The standard InChI is InChI=1S/C12H21N3OS/c1-15(2)11(16)6-7-13-12-14-10-5-3-4-9(10)8-17-12/h9-10H,3-8H2,1-2H3,(H,13,14). The molecule has 1 aliphatic heterocycles. The molecule has 1 saturated heterocycles. The van der Waals surface area contributed by atoms with Crippen LogP contribution in [0, 0.1) is 5.92 Å².